The molecule has 0 saturated carbocycles. The number of rotatable bonds is 2. The van der Waals surface area contributed by atoms with Gasteiger partial charge < -0.3 is 9.84 Å². The molecule has 0 fully saturated rings. The van der Waals surface area contributed by atoms with Crippen LogP contribution >= 0.6 is 0 Å². The number of aliphatic hydroxyl groups is 1. The summed E-state index contributed by atoms with van der Waals surface area (Å²) in [5, 5.41) is 8.38. The van der Waals surface area contributed by atoms with Gasteiger partial charge in [-0.25, -0.2) is 8.78 Å². The Morgan fingerprint density at radius 2 is 1.23 bits per heavy atom. The zero-order valence-electron chi connectivity index (χ0n) is 7.12. The fraction of sp³-hybridized carbons (Fsp3) is 1.00. The summed E-state index contributed by atoms with van der Waals surface area (Å²) < 4.78 is 28.7. The van der Waals surface area contributed by atoms with E-state index in [1.807, 2.05) is 0 Å². The largest absolute Gasteiger partial charge is 0.358 e. The first-order chi connectivity index (χ1) is 3.81. The molecule has 13 heavy (non-hydrogen) atoms. The van der Waals surface area contributed by atoms with Gasteiger partial charge in [-0.15, -0.1) is 0 Å². The molecule has 8 heteroatoms. The first-order valence-electron chi connectivity index (χ1n) is 2.46. The maximum absolute atomic E-state index is 12.5. The summed E-state index contributed by atoms with van der Waals surface area (Å²) in [7, 11) is 0.980. The van der Waals surface area contributed by atoms with Crippen molar-refractivity contribution >= 4 is 0 Å². The smallest absolute Gasteiger partial charge is 0.265 e. The average Bonchev–Trinajstić information content (AvgIpc) is 1.64. The molecule has 0 aromatic heterocycles. The Labute approximate surface area is 132 Å². The molecule has 0 spiro atoms. The molecule has 4 radical (unpaired) electrons. The Morgan fingerprint density at radius 1 is 1.00 bits per heavy atom. The molecular formula is C5H10F2O2Re4. The molecule has 0 aromatic carbocycles. The Morgan fingerprint density at radius 3 is 1.23 bits per heavy atom. The fourth-order valence-electron chi connectivity index (χ4n) is 0.186. The molecule has 0 aromatic rings. The third kappa shape index (κ3) is 10.7. The standard InChI is InChI=1S/C5H10F2O2.4Re/c1-4(6,8)5(2,7)9-3;;;;/h8H,1-3H3;;;;. The number of methoxy groups -OCH3 is 1. The molecule has 0 rings (SSSR count). The maximum atomic E-state index is 12.5. The van der Waals surface area contributed by atoms with E-state index in [0.717, 1.165) is 14.0 Å². The summed E-state index contributed by atoms with van der Waals surface area (Å²) in [6, 6.07) is 0. The fourth-order valence-corrected chi connectivity index (χ4v) is 0.186. The van der Waals surface area contributed by atoms with E-state index in [9.17, 15) is 8.78 Å². The number of hydrogen-bond donors (Lipinski definition) is 1. The third-order valence-corrected chi connectivity index (χ3v) is 1.20. The maximum Gasteiger partial charge on any atom is 0.265 e. The monoisotopic (exact) mass is 888 g/mol. The summed E-state index contributed by atoms with van der Waals surface area (Å²) in [6.07, 6.45) is 0. The number of ether oxygens (including phenoxy) is 1. The van der Waals surface area contributed by atoms with Crippen LogP contribution in [0.1, 0.15) is 13.8 Å². The van der Waals surface area contributed by atoms with E-state index >= 15 is 0 Å². The van der Waals surface area contributed by atoms with Crippen LogP contribution in [0.2, 0.25) is 0 Å². The van der Waals surface area contributed by atoms with E-state index in [1.165, 1.54) is 0 Å². The molecule has 0 aliphatic carbocycles. The second kappa shape index (κ2) is 10.9. The molecule has 0 bridgehead atoms. The van der Waals surface area contributed by atoms with Crippen LogP contribution in [-0.2, 0) is 86.4 Å². The minimum absolute atomic E-state index is 0. The van der Waals surface area contributed by atoms with Gasteiger partial charge in [-0.3, -0.25) is 0 Å². The number of hydrogen-bond acceptors (Lipinski definition) is 2. The molecule has 0 amide bonds. The Bertz CT molecular complexity index is 107. The SMILES string of the molecule is COC(C)(F)C(C)(O)F.[Re].[Re].[Re].[Re]. The predicted molar refractivity (Wildman–Crippen MR) is 28.3 cm³/mol. The van der Waals surface area contributed by atoms with Gasteiger partial charge >= 0.3 is 0 Å². The molecule has 2 nitrogen and oxygen atoms in total. The van der Waals surface area contributed by atoms with Crippen LogP contribution < -0.4 is 0 Å². The molecule has 0 heterocycles. The van der Waals surface area contributed by atoms with E-state index < -0.39 is 11.7 Å². The van der Waals surface area contributed by atoms with Crippen molar-refractivity contribution in [2.75, 3.05) is 7.11 Å². The summed E-state index contributed by atoms with van der Waals surface area (Å²) in [6.45, 7) is 1.50. The van der Waals surface area contributed by atoms with Gasteiger partial charge in [0.25, 0.3) is 11.7 Å². The third-order valence-electron chi connectivity index (χ3n) is 1.20. The normalized spacial score (nSPS) is 17.1. The van der Waals surface area contributed by atoms with E-state index in [0.29, 0.717) is 6.92 Å². The molecule has 0 saturated heterocycles. The van der Waals surface area contributed by atoms with Crippen molar-refractivity contribution < 1.29 is 100 Å². The molecule has 1 N–H and O–H groups in total. The number of alkyl halides is 2. The van der Waals surface area contributed by atoms with Crippen LogP contribution in [0.3, 0.4) is 0 Å². The second-order valence-electron chi connectivity index (χ2n) is 2.07. The van der Waals surface area contributed by atoms with Gasteiger partial charge in [-0.05, 0) is 0 Å². The van der Waals surface area contributed by atoms with Crippen LogP contribution in [0.5, 0.6) is 0 Å². The van der Waals surface area contributed by atoms with Crippen LogP contribution in [-0.4, -0.2) is 23.9 Å². The molecule has 2 atom stereocenters. The van der Waals surface area contributed by atoms with Crippen molar-refractivity contribution in [1.29, 1.82) is 0 Å². The van der Waals surface area contributed by atoms with Gasteiger partial charge in [-0.2, -0.15) is 0 Å². The Kier molecular flexibility index (Phi) is 24.8. The first-order valence-corrected chi connectivity index (χ1v) is 2.46. The zero-order chi connectivity index (χ0) is 7.71. The molecule has 84 valence electrons. The molecule has 2 unspecified atom stereocenters. The van der Waals surface area contributed by atoms with E-state index in [1.54, 1.807) is 0 Å². The van der Waals surface area contributed by atoms with Crippen LogP contribution in [0, 0.1) is 0 Å². The summed E-state index contributed by atoms with van der Waals surface area (Å²) in [5.41, 5.74) is 0. The Hall–Kier alpha value is 2.43. The van der Waals surface area contributed by atoms with Gasteiger partial charge in [0.15, 0.2) is 0 Å². The number of halogens is 2. The minimum atomic E-state index is -2.94. The molecular weight excluding hydrogens is 875 g/mol. The predicted octanol–water partition coefficient (Wildman–Crippen LogP) is 0.986. The van der Waals surface area contributed by atoms with Crippen LogP contribution in [0.4, 0.5) is 8.78 Å². The second-order valence-corrected chi connectivity index (χ2v) is 2.07. The quantitative estimate of drug-likeness (QED) is 0.449. The zero-order valence-corrected chi connectivity index (χ0v) is 18.0. The van der Waals surface area contributed by atoms with Gasteiger partial charge in [-0.1, -0.05) is 0 Å². The summed E-state index contributed by atoms with van der Waals surface area (Å²) in [4.78, 5) is 0. The van der Waals surface area contributed by atoms with Crippen molar-refractivity contribution in [3.8, 4) is 0 Å². The first kappa shape index (κ1) is 29.5. The van der Waals surface area contributed by atoms with Gasteiger partial charge in [0.05, 0.1) is 0 Å². The summed E-state index contributed by atoms with van der Waals surface area (Å²) >= 11 is 0. The van der Waals surface area contributed by atoms with E-state index in [2.05, 4.69) is 4.74 Å². The molecule has 0 aliphatic heterocycles. The van der Waals surface area contributed by atoms with E-state index in [-0.39, 0.29) is 81.7 Å². The van der Waals surface area contributed by atoms with Crippen molar-refractivity contribution in [2.24, 2.45) is 0 Å². The van der Waals surface area contributed by atoms with Crippen LogP contribution in [0.25, 0.3) is 0 Å². The van der Waals surface area contributed by atoms with Gasteiger partial charge in [0.2, 0.25) is 0 Å². The van der Waals surface area contributed by atoms with E-state index in [4.69, 9.17) is 5.11 Å². The van der Waals surface area contributed by atoms with Crippen molar-refractivity contribution in [3.63, 3.8) is 0 Å². The van der Waals surface area contributed by atoms with Crippen molar-refractivity contribution in [1.82, 2.24) is 0 Å². The average molecular weight is 885 g/mol. The van der Waals surface area contributed by atoms with Crippen LogP contribution in [0.15, 0.2) is 0 Å². The topological polar surface area (TPSA) is 29.5 Å². The van der Waals surface area contributed by atoms with Crippen molar-refractivity contribution in [3.05, 3.63) is 0 Å². The summed E-state index contributed by atoms with van der Waals surface area (Å²) in [5.74, 6) is -5.57. The Balaban J connectivity index is -0.0000000533. The van der Waals surface area contributed by atoms with Gasteiger partial charge in [0, 0.05) is 103 Å². The van der Waals surface area contributed by atoms with Gasteiger partial charge in [0.1, 0.15) is 0 Å². The van der Waals surface area contributed by atoms with Crippen molar-refractivity contribution in [2.45, 2.75) is 25.6 Å². The minimum Gasteiger partial charge on any atom is -0.358 e. The molecule has 0 aliphatic rings.